The SMILES string of the molecule is CNC(c1cccc(Br)c1)c1cc(Cl)cc2c1OCC2. The van der Waals surface area contributed by atoms with Gasteiger partial charge in [0.25, 0.3) is 0 Å². The molecule has 1 aliphatic heterocycles. The van der Waals surface area contributed by atoms with E-state index in [2.05, 4.69) is 33.4 Å². The van der Waals surface area contributed by atoms with Crippen molar-refractivity contribution in [3.05, 3.63) is 62.6 Å². The number of halogens is 2. The summed E-state index contributed by atoms with van der Waals surface area (Å²) in [6.45, 7) is 0.734. The van der Waals surface area contributed by atoms with Gasteiger partial charge in [0.1, 0.15) is 5.75 Å². The highest BCUT2D eigenvalue weighted by Crippen LogP contribution is 2.38. The monoisotopic (exact) mass is 351 g/mol. The Kier molecular flexibility index (Phi) is 4.01. The zero-order chi connectivity index (χ0) is 14.1. The molecular formula is C16H15BrClNO. The van der Waals surface area contributed by atoms with Crippen LogP contribution < -0.4 is 10.1 Å². The van der Waals surface area contributed by atoms with Gasteiger partial charge in [-0.3, -0.25) is 0 Å². The molecule has 0 aliphatic carbocycles. The van der Waals surface area contributed by atoms with E-state index in [1.807, 2.05) is 31.3 Å². The minimum Gasteiger partial charge on any atom is -0.493 e. The van der Waals surface area contributed by atoms with Gasteiger partial charge in [0.15, 0.2) is 0 Å². The van der Waals surface area contributed by atoms with Gasteiger partial charge in [0, 0.05) is 21.5 Å². The van der Waals surface area contributed by atoms with Crippen LogP contribution in [0.25, 0.3) is 0 Å². The van der Waals surface area contributed by atoms with Gasteiger partial charge in [0.2, 0.25) is 0 Å². The van der Waals surface area contributed by atoms with Crippen LogP contribution in [-0.4, -0.2) is 13.7 Å². The van der Waals surface area contributed by atoms with Gasteiger partial charge >= 0.3 is 0 Å². The minimum absolute atomic E-state index is 0.0676. The molecule has 0 radical (unpaired) electrons. The molecule has 1 aliphatic rings. The van der Waals surface area contributed by atoms with E-state index in [1.54, 1.807) is 0 Å². The van der Waals surface area contributed by atoms with Crippen LogP contribution >= 0.6 is 27.5 Å². The number of rotatable bonds is 3. The Balaban J connectivity index is 2.10. The van der Waals surface area contributed by atoms with Crippen molar-refractivity contribution in [2.75, 3.05) is 13.7 Å². The lowest BCUT2D eigenvalue weighted by Gasteiger charge is -2.20. The van der Waals surface area contributed by atoms with Crippen LogP contribution in [0.4, 0.5) is 0 Å². The second kappa shape index (κ2) is 5.76. The van der Waals surface area contributed by atoms with Crippen LogP contribution in [0.2, 0.25) is 5.02 Å². The fourth-order valence-electron chi connectivity index (χ4n) is 2.70. The van der Waals surface area contributed by atoms with Gasteiger partial charge in [-0.15, -0.1) is 0 Å². The first-order valence-electron chi connectivity index (χ1n) is 6.57. The smallest absolute Gasteiger partial charge is 0.127 e. The van der Waals surface area contributed by atoms with Crippen LogP contribution in [0.15, 0.2) is 40.9 Å². The first-order chi connectivity index (χ1) is 9.69. The maximum Gasteiger partial charge on any atom is 0.127 e. The Morgan fingerprint density at radius 1 is 1.30 bits per heavy atom. The standard InChI is InChI=1S/C16H15BrClNO/c1-19-15(10-3-2-4-12(17)7-10)14-9-13(18)8-11-5-6-20-16(11)14/h2-4,7-9,15,19H,5-6H2,1H3. The summed E-state index contributed by atoms with van der Waals surface area (Å²) in [6, 6.07) is 12.3. The third kappa shape index (κ3) is 2.58. The average Bonchev–Trinajstić information content (AvgIpc) is 2.87. The molecule has 4 heteroatoms. The van der Waals surface area contributed by atoms with Crippen molar-refractivity contribution < 1.29 is 4.74 Å². The van der Waals surface area contributed by atoms with E-state index in [-0.39, 0.29) is 6.04 Å². The molecule has 2 aromatic rings. The molecule has 20 heavy (non-hydrogen) atoms. The van der Waals surface area contributed by atoms with E-state index >= 15 is 0 Å². The van der Waals surface area contributed by atoms with E-state index in [4.69, 9.17) is 16.3 Å². The number of hydrogen-bond donors (Lipinski definition) is 1. The molecule has 1 heterocycles. The maximum atomic E-state index is 6.26. The zero-order valence-electron chi connectivity index (χ0n) is 11.1. The molecule has 0 saturated heterocycles. The van der Waals surface area contributed by atoms with Crippen LogP contribution in [0.1, 0.15) is 22.7 Å². The summed E-state index contributed by atoms with van der Waals surface area (Å²) >= 11 is 9.78. The molecule has 0 saturated carbocycles. The Morgan fingerprint density at radius 2 is 2.15 bits per heavy atom. The normalized spacial score (nSPS) is 14.8. The Labute approximate surface area is 132 Å². The highest BCUT2D eigenvalue weighted by molar-refractivity contribution is 9.10. The van der Waals surface area contributed by atoms with E-state index in [0.29, 0.717) is 0 Å². The Bertz CT molecular complexity index is 644. The molecule has 104 valence electrons. The summed E-state index contributed by atoms with van der Waals surface area (Å²) in [6.07, 6.45) is 0.928. The van der Waals surface area contributed by atoms with E-state index in [1.165, 1.54) is 11.1 Å². The van der Waals surface area contributed by atoms with E-state index in [9.17, 15) is 0 Å². The van der Waals surface area contributed by atoms with Gasteiger partial charge in [-0.2, -0.15) is 0 Å². The van der Waals surface area contributed by atoms with Crippen molar-refractivity contribution in [2.45, 2.75) is 12.5 Å². The number of hydrogen-bond acceptors (Lipinski definition) is 2. The van der Waals surface area contributed by atoms with E-state index in [0.717, 1.165) is 33.8 Å². The summed E-state index contributed by atoms with van der Waals surface area (Å²) in [5.41, 5.74) is 3.48. The van der Waals surface area contributed by atoms with Crippen molar-refractivity contribution in [3.63, 3.8) is 0 Å². The predicted octanol–water partition coefficient (Wildman–Crippen LogP) is 4.35. The van der Waals surface area contributed by atoms with Gasteiger partial charge in [-0.25, -0.2) is 0 Å². The topological polar surface area (TPSA) is 21.3 Å². The number of benzene rings is 2. The quantitative estimate of drug-likeness (QED) is 0.887. The van der Waals surface area contributed by atoms with Gasteiger partial charge in [0.05, 0.1) is 12.6 Å². The zero-order valence-corrected chi connectivity index (χ0v) is 13.5. The highest BCUT2D eigenvalue weighted by Gasteiger charge is 2.23. The maximum absolute atomic E-state index is 6.26. The van der Waals surface area contributed by atoms with Gasteiger partial charge in [-0.05, 0) is 42.4 Å². The van der Waals surface area contributed by atoms with E-state index < -0.39 is 0 Å². The highest BCUT2D eigenvalue weighted by atomic mass is 79.9. The molecule has 1 N–H and O–H groups in total. The molecule has 0 fully saturated rings. The average molecular weight is 353 g/mol. The van der Waals surface area contributed by atoms with Crippen LogP contribution in [0, 0.1) is 0 Å². The number of fused-ring (bicyclic) bond motifs is 1. The Morgan fingerprint density at radius 3 is 2.90 bits per heavy atom. The van der Waals surface area contributed by atoms with Gasteiger partial charge < -0.3 is 10.1 Å². The third-order valence-electron chi connectivity index (χ3n) is 3.56. The van der Waals surface area contributed by atoms with Crippen LogP contribution in [0.3, 0.4) is 0 Å². The summed E-state index contributed by atoms with van der Waals surface area (Å²) in [7, 11) is 1.95. The molecule has 0 bridgehead atoms. The summed E-state index contributed by atoms with van der Waals surface area (Å²) in [5.74, 6) is 0.980. The molecule has 0 aromatic heterocycles. The lowest BCUT2D eigenvalue weighted by Crippen LogP contribution is -2.18. The van der Waals surface area contributed by atoms with Gasteiger partial charge in [-0.1, -0.05) is 39.7 Å². The van der Waals surface area contributed by atoms with Crippen molar-refractivity contribution in [2.24, 2.45) is 0 Å². The van der Waals surface area contributed by atoms with Crippen molar-refractivity contribution in [1.82, 2.24) is 5.32 Å². The van der Waals surface area contributed by atoms with Crippen LogP contribution in [-0.2, 0) is 6.42 Å². The molecular weight excluding hydrogens is 338 g/mol. The van der Waals surface area contributed by atoms with Crippen molar-refractivity contribution in [1.29, 1.82) is 0 Å². The number of ether oxygens (including phenoxy) is 1. The summed E-state index contributed by atoms with van der Waals surface area (Å²) < 4.78 is 6.87. The number of nitrogens with one attached hydrogen (secondary N) is 1. The summed E-state index contributed by atoms with van der Waals surface area (Å²) in [5, 5.41) is 4.12. The fourth-order valence-corrected chi connectivity index (χ4v) is 3.37. The second-order valence-electron chi connectivity index (χ2n) is 4.86. The first-order valence-corrected chi connectivity index (χ1v) is 7.74. The minimum atomic E-state index is 0.0676. The lowest BCUT2D eigenvalue weighted by molar-refractivity contribution is 0.351. The molecule has 2 nitrogen and oxygen atoms in total. The molecule has 2 aromatic carbocycles. The summed E-state index contributed by atoms with van der Waals surface area (Å²) in [4.78, 5) is 0. The Hall–Kier alpha value is -1.03. The molecule has 1 atom stereocenters. The molecule has 0 spiro atoms. The first kappa shape index (κ1) is 13.9. The third-order valence-corrected chi connectivity index (χ3v) is 4.27. The second-order valence-corrected chi connectivity index (χ2v) is 6.21. The largest absolute Gasteiger partial charge is 0.493 e. The predicted molar refractivity (Wildman–Crippen MR) is 85.7 cm³/mol. The molecule has 0 amide bonds. The molecule has 1 unspecified atom stereocenters. The van der Waals surface area contributed by atoms with Crippen molar-refractivity contribution >= 4 is 27.5 Å². The molecule has 3 rings (SSSR count). The van der Waals surface area contributed by atoms with Crippen LogP contribution in [0.5, 0.6) is 5.75 Å². The fraction of sp³-hybridized carbons (Fsp3) is 0.250. The van der Waals surface area contributed by atoms with Crippen molar-refractivity contribution in [3.8, 4) is 5.75 Å². The lowest BCUT2D eigenvalue weighted by atomic mass is 9.96.